The number of halogens is 2. The standard InChI is InChI=1S/C17H25N5O.2ClH/c18-13-8-12(9-13)14-10-15(21-17(20-14)11-3-4-11)19-5-7-22-6-1-2-16(22)23;;/h10-13H,1-9,18H2,(H,19,20,21);2*1H. The van der Waals surface area contributed by atoms with Crippen LogP contribution in [0.3, 0.4) is 0 Å². The van der Waals surface area contributed by atoms with Crippen molar-refractivity contribution in [2.24, 2.45) is 5.73 Å². The first-order chi connectivity index (χ1) is 11.2. The van der Waals surface area contributed by atoms with Crippen LogP contribution in [0.4, 0.5) is 5.82 Å². The Kier molecular flexibility index (Phi) is 6.88. The predicted octanol–water partition coefficient (Wildman–Crippen LogP) is 2.44. The Hall–Kier alpha value is -1.11. The summed E-state index contributed by atoms with van der Waals surface area (Å²) in [5.41, 5.74) is 7.06. The highest BCUT2D eigenvalue weighted by atomic mass is 35.5. The minimum absolute atomic E-state index is 0. The van der Waals surface area contributed by atoms with Gasteiger partial charge >= 0.3 is 0 Å². The third-order valence-corrected chi connectivity index (χ3v) is 5.16. The Bertz CT molecular complexity index is 605. The molecule has 1 amide bonds. The van der Waals surface area contributed by atoms with Crippen molar-refractivity contribution in [2.45, 2.75) is 56.4 Å². The molecule has 1 saturated heterocycles. The van der Waals surface area contributed by atoms with Crippen LogP contribution >= 0.6 is 24.8 Å². The number of nitrogens with one attached hydrogen (secondary N) is 1. The maximum Gasteiger partial charge on any atom is 0.222 e. The molecular weight excluding hydrogens is 361 g/mol. The van der Waals surface area contributed by atoms with E-state index in [0.717, 1.165) is 56.2 Å². The van der Waals surface area contributed by atoms with Crippen LogP contribution in [0.5, 0.6) is 0 Å². The number of rotatable bonds is 6. The molecule has 2 saturated carbocycles. The number of aromatic nitrogens is 2. The molecule has 0 aromatic carbocycles. The lowest BCUT2D eigenvalue weighted by Gasteiger charge is -2.32. The van der Waals surface area contributed by atoms with Gasteiger partial charge in [0.25, 0.3) is 0 Å². The van der Waals surface area contributed by atoms with Gasteiger partial charge in [-0.2, -0.15) is 0 Å². The molecule has 140 valence electrons. The Labute approximate surface area is 161 Å². The zero-order chi connectivity index (χ0) is 15.8. The summed E-state index contributed by atoms with van der Waals surface area (Å²) in [6.45, 7) is 2.39. The van der Waals surface area contributed by atoms with Crippen LogP contribution < -0.4 is 11.1 Å². The molecule has 0 atom stereocenters. The third kappa shape index (κ3) is 4.74. The van der Waals surface area contributed by atoms with Crippen LogP contribution in [0.25, 0.3) is 0 Å². The molecule has 0 spiro atoms. The van der Waals surface area contributed by atoms with Crippen LogP contribution in [0.1, 0.15) is 61.9 Å². The zero-order valence-corrected chi connectivity index (χ0v) is 16.0. The van der Waals surface area contributed by atoms with E-state index in [4.69, 9.17) is 10.7 Å². The van der Waals surface area contributed by atoms with E-state index in [1.54, 1.807) is 0 Å². The Morgan fingerprint density at radius 3 is 2.56 bits per heavy atom. The van der Waals surface area contributed by atoms with Crippen LogP contribution in [0, 0.1) is 0 Å². The molecule has 0 bridgehead atoms. The van der Waals surface area contributed by atoms with Crippen LogP contribution in [0.2, 0.25) is 0 Å². The summed E-state index contributed by atoms with van der Waals surface area (Å²) in [7, 11) is 0. The van der Waals surface area contributed by atoms with Crippen LogP contribution in [-0.2, 0) is 4.79 Å². The van der Waals surface area contributed by atoms with Gasteiger partial charge in [0.2, 0.25) is 5.91 Å². The van der Waals surface area contributed by atoms with E-state index in [2.05, 4.69) is 16.4 Å². The highest BCUT2D eigenvalue weighted by Gasteiger charge is 2.32. The van der Waals surface area contributed by atoms with Gasteiger partial charge in [-0.15, -0.1) is 24.8 Å². The quantitative estimate of drug-likeness (QED) is 0.782. The minimum Gasteiger partial charge on any atom is -0.368 e. The van der Waals surface area contributed by atoms with Crippen LogP contribution in [-0.4, -0.2) is 46.5 Å². The second-order valence-electron chi connectivity index (χ2n) is 7.15. The number of carbonyl (C=O) groups is 1. The molecule has 0 unspecified atom stereocenters. The summed E-state index contributed by atoms with van der Waals surface area (Å²) in [5.74, 6) is 3.21. The summed E-state index contributed by atoms with van der Waals surface area (Å²) in [6, 6.07) is 2.41. The monoisotopic (exact) mass is 387 g/mol. The maximum absolute atomic E-state index is 11.6. The van der Waals surface area contributed by atoms with E-state index >= 15 is 0 Å². The summed E-state index contributed by atoms with van der Waals surface area (Å²) < 4.78 is 0. The fourth-order valence-electron chi connectivity index (χ4n) is 3.47. The molecule has 3 fully saturated rings. The van der Waals surface area contributed by atoms with E-state index < -0.39 is 0 Å². The van der Waals surface area contributed by atoms with Gasteiger partial charge in [-0.25, -0.2) is 9.97 Å². The number of nitrogens with two attached hydrogens (primary N) is 1. The van der Waals surface area contributed by atoms with Crippen molar-refractivity contribution in [3.63, 3.8) is 0 Å². The lowest BCUT2D eigenvalue weighted by Crippen LogP contribution is -2.35. The summed E-state index contributed by atoms with van der Waals surface area (Å²) >= 11 is 0. The summed E-state index contributed by atoms with van der Waals surface area (Å²) in [6.07, 6.45) is 6.16. The van der Waals surface area contributed by atoms with Crippen molar-refractivity contribution in [1.29, 1.82) is 0 Å². The van der Waals surface area contributed by atoms with Gasteiger partial charge in [0.15, 0.2) is 0 Å². The Morgan fingerprint density at radius 1 is 1.20 bits per heavy atom. The Balaban J connectivity index is 0.00000113. The molecule has 6 nitrogen and oxygen atoms in total. The smallest absolute Gasteiger partial charge is 0.222 e. The Morgan fingerprint density at radius 2 is 1.96 bits per heavy atom. The summed E-state index contributed by atoms with van der Waals surface area (Å²) in [5, 5.41) is 3.39. The van der Waals surface area contributed by atoms with E-state index in [9.17, 15) is 4.79 Å². The number of likely N-dealkylation sites (tertiary alicyclic amines) is 1. The van der Waals surface area contributed by atoms with Crippen molar-refractivity contribution in [3.8, 4) is 0 Å². The normalized spacial score (nSPS) is 25.0. The van der Waals surface area contributed by atoms with Gasteiger partial charge in [0, 0.05) is 55.7 Å². The largest absolute Gasteiger partial charge is 0.368 e. The van der Waals surface area contributed by atoms with E-state index in [0.29, 0.717) is 24.3 Å². The molecule has 2 heterocycles. The first-order valence-corrected chi connectivity index (χ1v) is 8.85. The average Bonchev–Trinajstić information content (AvgIpc) is 3.28. The molecule has 4 rings (SSSR count). The lowest BCUT2D eigenvalue weighted by atomic mass is 9.78. The van der Waals surface area contributed by atoms with Gasteiger partial charge in [-0.1, -0.05) is 0 Å². The zero-order valence-electron chi connectivity index (χ0n) is 14.3. The van der Waals surface area contributed by atoms with Gasteiger partial charge in [0.05, 0.1) is 0 Å². The number of carbonyl (C=O) groups excluding carboxylic acids is 1. The molecular formula is C17H27Cl2N5O. The molecule has 2 aliphatic carbocycles. The maximum atomic E-state index is 11.6. The molecule has 3 N–H and O–H groups in total. The first-order valence-electron chi connectivity index (χ1n) is 8.85. The molecule has 1 aliphatic heterocycles. The highest BCUT2D eigenvalue weighted by Crippen LogP contribution is 2.41. The van der Waals surface area contributed by atoms with Crippen molar-refractivity contribution >= 4 is 36.5 Å². The molecule has 1 aromatic rings. The fourth-order valence-corrected chi connectivity index (χ4v) is 3.47. The van der Waals surface area contributed by atoms with E-state index in [1.807, 2.05) is 4.90 Å². The molecule has 0 radical (unpaired) electrons. The molecule has 8 heteroatoms. The number of hydrogen-bond acceptors (Lipinski definition) is 5. The van der Waals surface area contributed by atoms with E-state index in [1.165, 1.54) is 12.8 Å². The lowest BCUT2D eigenvalue weighted by molar-refractivity contribution is -0.127. The first kappa shape index (κ1) is 20.2. The van der Waals surface area contributed by atoms with Gasteiger partial charge < -0.3 is 16.0 Å². The van der Waals surface area contributed by atoms with Gasteiger partial charge in [-0.05, 0) is 32.1 Å². The third-order valence-electron chi connectivity index (χ3n) is 5.16. The van der Waals surface area contributed by atoms with Crippen LogP contribution in [0.15, 0.2) is 6.07 Å². The SMILES string of the molecule is Cl.Cl.NC1CC(c2cc(NCCN3CCCC3=O)nc(C3CC3)n2)C1. The highest BCUT2D eigenvalue weighted by molar-refractivity contribution is 5.85. The summed E-state index contributed by atoms with van der Waals surface area (Å²) in [4.78, 5) is 23.0. The second kappa shape index (κ2) is 8.52. The predicted molar refractivity (Wildman–Crippen MR) is 103 cm³/mol. The van der Waals surface area contributed by atoms with Gasteiger partial charge in [0.1, 0.15) is 11.6 Å². The van der Waals surface area contributed by atoms with Crippen molar-refractivity contribution in [1.82, 2.24) is 14.9 Å². The number of nitrogens with zero attached hydrogens (tertiary/aromatic N) is 3. The average molecular weight is 388 g/mol. The molecule has 3 aliphatic rings. The van der Waals surface area contributed by atoms with Gasteiger partial charge in [-0.3, -0.25) is 4.79 Å². The number of hydrogen-bond donors (Lipinski definition) is 2. The second-order valence-corrected chi connectivity index (χ2v) is 7.15. The van der Waals surface area contributed by atoms with E-state index in [-0.39, 0.29) is 30.7 Å². The molecule has 25 heavy (non-hydrogen) atoms. The minimum atomic E-state index is 0. The van der Waals surface area contributed by atoms with Crippen molar-refractivity contribution in [2.75, 3.05) is 25.0 Å². The number of amides is 1. The topological polar surface area (TPSA) is 84.1 Å². The number of anilines is 1. The van der Waals surface area contributed by atoms with Crippen molar-refractivity contribution in [3.05, 3.63) is 17.6 Å². The van der Waals surface area contributed by atoms with Crippen molar-refractivity contribution < 1.29 is 4.79 Å². The fraction of sp³-hybridized carbons (Fsp3) is 0.706. The molecule has 1 aromatic heterocycles.